The molecule has 234 valence electrons. The van der Waals surface area contributed by atoms with E-state index in [1.165, 1.54) is 40.4 Å². The van der Waals surface area contributed by atoms with Gasteiger partial charge in [0.25, 0.3) is 0 Å². The monoisotopic (exact) mass is 666 g/mol. The van der Waals surface area contributed by atoms with Gasteiger partial charge < -0.3 is 32.7 Å². The van der Waals surface area contributed by atoms with Crippen LogP contribution in [0, 0.1) is 0 Å². The molecular formula is C25H39N3O10P3S+. The highest BCUT2D eigenvalue weighted by Gasteiger charge is 2.38. The molecule has 0 aliphatic carbocycles. The molecule has 3 atom stereocenters. The fraction of sp³-hybridized carbons (Fsp3) is 0.480. The van der Waals surface area contributed by atoms with Crippen LogP contribution in [-0.2, 0) is 50.2 Å². The molecule has 0 fully saturated rings. The molecule has 42 heavy (non-hydrogen) atoms. The van der Waals surface area contributed by atoms with Crippen LogP contribution in [0.2, 0.25) is 0 Å². The van der Waals surface area contributed by atoms with Gasteiger partial charge in [-0.1, -0.05) is 16.9 Å². The predicted molar refractivity (Wildman–Crippen MR) is 165 cm³/mol. The smallest absolute Gasteiger partial charge is 0.497 e. The summed E-state index contributed by atoms with van der Waals surface area (Å²) in [6.45, 7) is 0. The van der Waals surface area contributed by atoms with E-state index in [1.807, 2.05) is 24.3 Å². The molecule has 0 amide bonds. The summed E-state index contributed by atoms with van der Waals surface area (Å²) in [5.41, 5.74) is 1.65. The number of methoxy groups -OCH3 is 2. The van der Waals surface area contributed by atoms with E-state index in [-0.39, 0.29) is 19.0 Å². The largest absolute Gasteiger partial charge is 0.540 e. The van der Waals surface area contributed by atoms with Gasteiger partial charge in [-0.05, 0) is 53.9 Å². The van der Waals surface area contributed by atoms with E-state index < -0.39 is 34.6 Å². The van der Waals surface area contributed by atoms with E-state index in [9.17, 15) is 14.2 Å². The van der Waals surface area contributed by atoms with Crippen molar-refractivity contribution in [1.29, 1.82) is 0 Å². The SMILES string of the molecule is COc1ccc(/C=N\N(C)[P+](=S)Oc2ccc(CC(C(O)OC)N(CP(=O)(OC)OC)CP(=O)(OC)OC)cc2)cc1. The number of rotatable bonds is 19. The molecule has 0 saturated carbocycles. The lowest BCUT2D eigenvalue weighted by atomic mass is 10.0. The predicted octanol–water partition coefficient (Wildman–Crippen LogP) is 4.88. The minimum absolute atomic E-state index is 0.199. The van der Waals surface area contributed by atoms with Crippen LogP contribution in [0.4, 0.5) is 0 Å². The topological polar surface area (TPSA) is 138 Å². The molecule has 0 radical (unpaired) electrons. The second kappa shape index (κ2) is 17.5. The second-order valence-corrected chi connectivity index (χ2v) is 15.3. The Bertz CT molecular complexity index is 1210. The average molecular weight is 667 g/mol. The van der Waals surface area contributed by atoms with Gasteiger partial charge in [-0.3, -0.25) is 18.6 Å². The molecular weight excluding hydrogens is 627 g/mol. The van der Waals surface area contributed by atoms with Gasteiger partial charge in [0.15, 0.2) is 12.0 Å². The van der Waals surface area contributed by atoms with E-state index in [4.69, 9.17) is 43.9 Å². The normalized spacial score (nSPS) is 14.2. The lowest BCUT2D eigenvalue weighted by Gasteiger charge is -2.36. The Morgan fingerprint density at radius 1 is 0.881 bits per heavy atom. The van der Waals surface area contributed by atoms with Gasteiger partial charge in [-0.15, -0.1) is 5.10 Å². The zero-order valence-electron chi connectivity index (χ0n) is 24.7. The summed E-state index contributed by atoms with van der Waals surface area (Å²) >= 11 is 5.51. The van der Waals surface area contributed by atoms with Crippen molar-refractivity contribution in [3.05, 3.63) is 59.7 Å². The summed E-state index contributed by atoms with van der Waals surface area (Å²) < 4.78 is 64.3. The van der Waals surface area contributed by atoms with Gasteiger partial charge >= 0.3 is 22.3 Å². The van der Waals surface area contributed by atoms with Crippen molar-refractivity contribution in [1.82, 2.24) is 9.68 Å². The highest BCUT2D eigenvalue weighted by molar-refractivity contribution is 8.02. The van der Waals surface area contributed by atoms with Crippen LogP contribution >= 0.6 is 22.3 Å². The maximum atomic E-state index is 13.0. The standard InChI is InChI=1S/C25H39N3O10P3S/c1-27(26-17-21-10-12-22(32-2)13-11-21)39(42)38-23-14-8-20(9-15-23)16-24(25(29)33-3)28(18-40(30,34-4)35-5)19-41(31,36-6)37-7/h8-15,17,24-25,29H,16,18-19H2,1-7H3/q+1/b26-17-. The lowest BCUT2D eigenvalue weighted by molar-refractivity contribution is -0.121. The Balaban J connectivity index is 2.19. The van der Waals surface area contributed by atoms with Gasteiger partial charge in [0, 0.05) is 35.5 Å². The quantitative estimate of drug-likeness (QED) is 0.0945. The number of aliphatic hydroxyl groups excluding tert-OH is 1. The van der Waals surface area contributed by atoms with E-state index in [0.29, 0.717) is 5.75 Å². The molecule has 2 rings (SSSR count). The van der Waals surface area contributed by atoms with E-state index in [0.717, 1.165) is 16.9 Å². The molecule has 13 nitrogen and oxygen atoms in total. The third-order valence-corrected chi connectivity index (χ3v) is 11.7. The highest BCUT2D eigenvalue weighted by Crippen LogP contribution is 2.52. The van der Waals surface area contributed by atoms with Gasteiger partial charge in [0.05, 0.1) is 26.4 Å². The van der Waals surface area contributed by atoms with Gasteiger partial charge in [-0.2, -0.15) is 0 Å². The van der Waals surface area contributed by atoms with Crippen molar-refractivity contribution in [2.45, 2.75) is 18.8 Å². The number of ether oxygens (including phenoxy) is 2. The summed E-state index contributed by atoms with van der Waals surface area (Å²) in [5, 5.41) is 15.1. The van der Waals surface area contributed by atoms with Crippen molar-refractivity contribution < 1.29 is 46.3 Å². The summed E-state index contributed by atoms with van der Waals surface area (Å²) in [4.78, 5) is 1.46. The fourth-order valence-corrected chi connectivity index (χ4v) is 6.97. The Morgan fingerprint density at radius 2 is 1.38 bits per heavy atom. The van der Waals surface area contributed by atoms with Gasteiger partial charge in [-0.25, -0.2) is 0 Å². The Hall–Kier alpha value is -1.79. The number of benzene rings is 2. The lowest BCUT2D eigenvalue weighted by Crippen LogP contribution is -2.47. The summed E-state index contributed by atoms with van der Waals surface area (Å²) in [6, 6.07) is 13.7. The zero-order chi connectivity index (χ0) is 31.3. The van der Waals surface area contributed by atoms with Crippen molar-refractivity contribution in [2.75, 3.05) is 62.3 Å². The molecule has 0 heterocycles. The van der Waals surface area contributed by atoms with E-state index in [1.54, 1.807) is 49.4 Å². The number of aliphatic hydroxyl groups is 1. The first-order valence-corrected chi connectivity index (χ1v) is 18.1. The first-order chi connectivity index (χ1) is 19.9. The summed E-state index contributed by atoms with van der Waals surface area (Å²) in [6.07, 6.45) is -0.106. The fourth-order valence-electron chi connectivity index (χ4n) is 3.61. The van der Waals surface area contributed by atoms with Crippen LogP contribution in [0.3, 0.4) is 0 Å². The van der Waals surface area contributed by atoms with Crippen LogP contribution < -0.4 is 9.26 Å². The Labute approximate surface area is 253 Å². The molecule has 0 aliphatic rings. The third kappa shape index (κ3) is 11.0. The summed E-state index contributed by atoms with van der Waals surface area (Å²) in [5.74, 6) is 1.28. The van der Waals surface area contributed by atoms with Gasteiger partial charge in [0.2, 0.25) is 11.8 Å². The van der Waals surface area contributed by atoms with Crippen molar-refractivity contribution in [3.63, 3.8) is 0 Å². The molecule has 0 aliphatic heterocycles. The maximum Gasteiger partial charge on any atom is 0.540 e. The third-order valence-electron chi connectivity index (χ3n) is 6.14. The first kappa shape index (κ1) is 36.4. The Kier molecular flexibility index (Phi) is 15.2. The minimum Gasteiger partial charge on any atom is -0.497 e. The summed E-state index contributed by atoms with van der Waals surface area (Å²) in [7, 11) is 0.842. The van der Waals surface area contributed by atoms with E-state index >= 15 is 0 Å². The van der Waals surface area contributed by atoms with E-state index in [2.05, 4.69) is 5.10 Å². The van der Waals surface area contributed by atoms with Crippen LogP contribution in [0.25, 0.3) is 0 Å². The number of hydrazone groups is 1. The number of nitrogens with zero attached hydrogens (tertiary/aromatic N) is 3. The molecule has 17 heteroatoms. The van der Waals surface area contributed by atoms with Crippen molar-refractivity contribution in [2.24, 2.45) is 5.10 Å². The molecule has 1 N–H and O–H groups in total. The van der Waals surface area contributed by atoms with Gasteiger partial charge in [0.1, 0.15) is 18.3 Å². The molecule has 0 aromatic heterocycles. The molecule has 0 saturated heterocycles. The first-order valence-electron chi connectivity index (χ1n) is 12.5. The second-order valence-electron chi connectivity index (χ2n) is 8.70. The van der Waals surface area contributed by atoms with Crippen LogP contribution in [0.5, 0.6) is 11.5 Å². The van der Waals surface area contributed by atoms with Crippen molar-refractivity contribution in [3.8, 4) is 11.5 Å². The average Bonchev–Trinajstić information content (AvgIpc) is 3.02. The van der Waals surface area contributed by atoms with Crippen LogP contribution in [0.15, 0.2) is 53.6 Å². The number of hydrogen-bond donors (Lipinski definition) is 1. The Morgan fingerprint density at radius 3 is 1.83 bits per heavy atom. The zero-order valence-corrected chi connectivity index (χ0v) is 28.2. The maximum absolute atomic E-state index is 13.0. The molecule has 0 spiro atoms. The van der Waals surface area contributed by atoms with Crippen LogP contribution in [-0.4, -0.2) is 95.6 Å². The highest BCUT2D eigenvalue weighted by atomic mass is 32.4. The molecule has 3 unspecified atom stereocenters. The molecule has 2 aromatic rings. The minimum atomic E-state index is -3.64. The van der Waals surface area contributed by atoms with Crippen LogP contribution in [0.1, 0.15) is 11.1 Å². The molecule has 2 aromatic carbocycles. The van der Waals surface area contributed by atoms with Crippen molar-refractivity contribution >= 4 is 40.3 Å². The molecule has 0 bridgehead atoms. The number of hydrogen-bond acceptors (Lipinski definition) is 13.